The summed E-state index contributed by atoms with van der Waals surface area (Å²) in [5.41, 5.74) is 5.59. The molecule has 0 aliphatic carbocycles. The molecule has 0 aliphatic heterocycles. The van der Waals surface area contributed by atoms with Crippen LogP contribution in [0.15, 0.2) is 6.33 Å². The maximum Gasteiger partial charge on any atom is 0.255 e. The van der Waals surface area contributed by atoms with Gasteiger partial charge < -0.3 is 15.7 Å². The predicted octanol–water partition coefficient (Wildman–Crippen LogP) is 0.776. The lowest BCUT2D eigenvalue weighted by atomic mass is 10.4. The van der Waals surface area contributed by atoms with Gasteiger partial charge in [0.15, 0.2) is 11.0 Å². The molecule has 0 aromatic carbocycles. The number of aliphatic hydroxyl groups is 1. The molecule has 0 atom stereocenters. The molecule has 1 heterocycles. The molecule has 90 valence electrons. The Morgan fingerprint density at radius 2 is 2.19 bits per heavy atom. The fourth-order valence-electron chi connectivity index (χ4n) is 1.19. The summed E-state index contributed by atoms with van der Waals surface area (Å²) < 4.78 is 24.6. The van der Waals surface area contributed by atoms with E-state index in [1.165, 1.54) is 0 Å². The van der Waals surface area contributed by atoms with Gasteiger partial charge in [-0.3, -0.25) is 0 Å². The number of hydrogen-bond donors (Lipinski definition) is 2. The van der Waals surface area contributed by atoms with Crippen LogP contribution >= 0.6 is 11.6 Å². The van der Waals surface area contributed by atoms with Gasteiger partial charge in [-0.15, -0.1) is 0 Å². The molecular weight excluding hydrogens is 242 g/mol. The van der Waals surface area contributed by atoms with Crippen molar-refractivity contribution in [3.8, 4) is 0 Å². The molecule has 0 saturated heterocycles. The van der Waals surface area contributed by atoms with Crippen molar-refractivity contribution in [2.45, 2.75) is 6.43 Å². The monoisotopic (exact) mass is 252 g/mol. The SMILES string of the molecule is Nc1c(Cl)ncnc1N(CCO)CC(F)F. The maximum absolute atomic E-state index is 12.3. The number of nitrogens with zero attached hydrogens (tertiary/aromatic N) is 3. The van der Waals surface area contributed by atoms with Gasteiger partial charge in [0.05, 0.1) is 13.2 Å². The number of rotatable bonds is 5. The quantitative estimate of drug-likeness (QED) is 0.758. The van der Waals surface area contributed by atoms with Crippen molar-refractivity contribution in [3.05, 3.63) is 11.5 Å². The highest BCUT2D eigenvalue weighted by Gasteiger charge is 2.17. The predicted molar refractivity (Wildman–Crippen MR) is 56.8 cm³/mol. The molecule has 0 spiro atoms. The smallest absolute Gasteiger partial charge is 0.255 e. The van der Waals surface area contributed by atoms with Crippen LogP contribution in [0.25, 0.3) is 0 Å². The van der Waals surface area contributed by atoms with Crippen LogP contribution in [0.4, 0.5) is 20.3 Å². The van der Waals surface area contributed by atoms with E-state index in [1.807, 2.05) is 0 Å². The van der Waals surface area contributed by atoms with Gasteiger partial charge >= 0.3 is 0 Å². The molecule has 3 N–H and O–H groups in total. The summed E-state index contributed by atoms with van der Waals surface area (Å²) in [6.45, 7) is -0.853. The Kier molecular flexibility index (Phi) is 4.63. The van der Waals surface area contributed by atoms with Crippen molar-refractivity contribution < 1.29 is 13.9 Å². The first-order valence-corrected chi connectivity index (χ1v) is 4.84. The Morgan fingerprint density at radius 1 is 1.50 bits per heavy atom. The van der Waals surface area contributed by atoms with Crippen LogP contribution in [0.2, 0.25) is 5.15 Å². The second-order valence-electron chi connectivity index (χ2n) is 2.96. The Morgan fingerprint density at radius 3 is 2.75 bits per heavy atom. The van der Waals surface area contributed by atoms with E-state index in [1.54, 1.807) is 0 Å². The van der Waals surface area contributed by atoms with E-state index >= 15 is 0 Å². The molecule has 0 radical (unpaired) electrons. The Balaban J connectivity index is 2.96. The molecular formula is C8H11ClF2N4O. The number of aromatic nitrogens is 2. The second-order valence-corrected chi connectivity index (χ2v) is 3.32. The van der Waals surface area contributed by atoms with E-state index in [0.717, 1.165) is 11.2 Å². The summed E-state index contributed by atoms with van der Waals surface area (Å²) >= 11 is 5.64. The summed E-state index contributed by atoms with van der Waals surface area (Å²) in [7, 11) is 0. The van der Waals surface area contributed by atoms with Gasteiger partial charge in [0.25, 0.3) is 6.43 Å². The van der Waals surface area contributed by atoms with E-state index in [9.17, 15) is 8.78 Å². The molecule has 8 heteroatoms. The van der Waals surface area contributed by atoms with Crippen LogP contribution in [0, 0.1) is 0 Å². The molecule has 1 rings (SSSR count). The van der Waals surface area contributed by atoms with Crippen molar-refractivity contribution >= 4 is 23.1 Å². The topological polar surface area (TPSA) is 75.3 Å². The third-order valence-corrected chi connectivity index (χ3v) is 2.14. The standard InChI is InChI=1S/C8H11ClF2N4O/c9-7-6(12)8(14-4-13-7)15(1-2-16)3-5(10)11/h4-5,16H,1-3,12H2. The Labute approximate surface area is 95.9 Å². The van der Waals surface area contributed by atoms with E-state index in [4.69, 9.17) is 22.4 Å². The van der Waals surface area contributed by atoms with E-state index in [0.29, 0.717) is 0 Å². The number of alkyl halides is 2. The molecule has 1 aromatic heterocycles. The third-order valence-electron chi connectivity index (χ3n) is 1.84. The molecule has 5 nitrogen and oxygen atoms in total. The summed E-state index contributed by atoms with van der Waals surface area (Å²) in [6, 6.07) is 0. The van der Waals surface area contributed by atoms with Gasteiger partial charge in [-0.2, -0.15) is 0 Å². The summed E-state index contributed by atoms with van der Waals surface area (Å²) in [5, 5.41) is 8.77. The molecule has 0 aliphatic rings. The minimum absolute atomic E-state index is 0.00187. The van der Waals surface area contributed by atoms with Crippen LogP contribution in [0.5, 0.6) is 0 Å². The molecule has 16 heavy (non-hydrogen) atoms. The lowest BCUT2D eigenvalue weighted by molar-refractivity contribution is 0.152. The van der Waals surface area contributed by atoms with Crippen LogP contribution in [0.3, 0.4) is 0 Å². The zero-order valence-electron chi connectivity index (χ0n) is 8.28. The molecule has 0 unspecified atom stereocenters. The fraction of sp³-hybridized carbons (Fsp3) is 0.500. The van der Waals surface area contributed by atoms with Crippen molar-refractivity contribution in [3.63, 3.8) is 0 Å². The van der Waals surface area contributed by atoms with Gasteiger partial charge in [-0.1, -0.05) is 11.6 Å². The molecule has 0 amide bonds. The zero-order valence-corrected chi connectivity index (χ0v) is 9.03. The Bertz CT molecular complexity index is 353. The largest absolute Gasteiger partial charge is 0.395 e. The first kappa shape index (κ1) is 12.9. The third kappa shape index (κ3) is 3.14. The fourth-order valence-corrected chi connectivity index (χ4v) is 1.32. The highest BCUT2D eigenvalue weighted by Crippen LogP contribution is 2.25. The minimum Gasteiger partial charge on any atom is -0.395 e. The van der Waals surface area contributed by atoms with Crippen molar-refractivity contribution in [1.29, 1.82) is 0 Å². The normalized spacial score (nSPS) is 10.8. The summed E-state index contributed by atoms with van der Waals surface area (Å²) in [6.07, 6.45) is -1.43. The second kappa shape index (κ2) is 5.76. The number of aliphatic hydroxyl groups excluding tert-OH is 1. The number of halogens is 3. The average molecular weight is 253 g/mol. The molecule has 0 saturated carbocycles. The van der Waals surface area contributed by atoms with E-state index in [2.05, 4.69) is 9.97 Å². The maximum atomic E-state index is 12.3. The van der Waals surface area contributed by atoms with Crippen LogP contribution < -0.4 is 10.6 Å². The Hall–Kier alpha value is -1.21. The average Bonchev–Trinajstić information content (AvgIpc) is 2.21. The number of anilines is 2. The lowest BCUT2D eigenvalue weighted by Gasteiger charge is -2.23. The van der Waals surface area contributed by atoms with Crippen molar-refractivity contribution in [2.24, 2.45) is 0 Å². The number of nitrogen functional groups attached to an aromatic ring is 1. The lowest BCUT2D eigenvalue weighted by Crippen LogP contribution is -2.33. The first-order valence-electron chi connectivity index (χ1n) is 4.46. The molecule has 1 aromatic rings. The number of hydrogen-bond acceptors (Lipinski definition) is 5. The first-order chi connectivity index (χ1) is 7.56. The highest BCUT2D eigenvalue weighted by atomic mass is 35.5. The van der Waals surface area contributed by atoms with Crippen LogP contribution in [-0.2, 0) is 0 Å². The van der Waals surface area contributed by atoms with Gasteiger partial charge in [-0.05, 0) is 0 Å². The van der Waals surface area contributed by atoms with E-state index < -0.39 is 13.0 Å². The minimum atomic E-state index is -2.56. The zero-order chi connectivity index (χ0) is 12.1. The van der Waals surface area contributed by atoms with E-state index in [-0.39, 0.29) is 29.8 Å². The molecule has 0 bridgehead atoms. The van der Waals surface area contributed by atoms with Gasteiger partial charge in [0, 0.05) is 6.54 Å². The molecule has 0 fully saturated rings. The summed E-state index contributed by atoms with van der Waals surface area (Å²) in [4.78, 5) is 8.55. The van der Waals surface area contributed by atoms with Gasteiger partial charge in [0.2, 0.25) is 0 Å². The summed E-state index contributed by atoms with van der Waals surface area (Å²) in [5.74, 6) is 0.106. The van der Waals surface area contributed by atoms with Crippen LogP contribution in [0.1, 0.15) is 0 Å². The van der Waals surface area contributed by atoms with Crippen LogP contribution in [-0.4, -0.2) is 41.2 Å². The number of nitrogens with two attached hydrogens (primary N) is 1. The van der Waals surface area contributed by atoms with Gasteiger partial charge in [0.1, 0.15) is 12.0 Å². The highest BCUT2D eigenvalue weighted by molar-refractivity contribution is 6.32. The van der Waals surface area contributed by atoms with Crippen molar-refractivity contribution in [1.82, 2.24) is 9.97 Å². The van der Waals surface area contributed by atoms with Crippen molar-refractivity contribution in [2.75, 3.05) is 30.3 Å². The van der Waals surface area contributed by atoms with Gasteiger partial charge in [-0.25, -0.2) is 18.7 Å².